The predicted octanol–water partition coefficient (Wildman–Crippen LogP) is 3.55. The Balaban J connectivity index is 1.72. The lowest BCUT2D eigenvalue weighted by atomic mass is 9.87. The van der Waals surface area contributed by atoms with Crippen LogP contribution in [0.2, 0.25) is 0 Å². The Labute approximate surface area is 103 Å². The van der Waals surface area contributed by atoms with Crippen LogP contribution in [0.1, 0.15) is 20.8 Å². The fourth-order valence-corrected chi connectivity index (χ4v) is 3.72. The number of para-hydroxylation sites is 1. The van der Waals surface area contributed by atoms with Gasteiger partial charge in [-0.2, -0.15) is 0 Å². The van der Waals surface area contributed by atoms with Crippen LogP contribution in [0.3, 0.4) is 0 Å². The van der Waals surface area contributed by atoms with Crippen LogP contribution >= 0.6 is 0 Å². The standard InChI is InChI=1S/C15H20FN/c1-15(2,3)14-10-8-17(9-11(10)14)13-7-5-4-6-12(13)16/h4-7,10-11,14H,8-9H2,1-3H3. The van der Waals surface area contributed by atoms with Gasteiger partial charge in [0.15, 0.2) is 0 Å². The van der Waals surface area contributed by atoms with Crippen molar-refractivity contribution >= 4 is 5.69 Å². The van der Waals surface area contributed by atoms with Crippen molar-refractivity contribution in [3.05, 3.63) is 30.1 Å². The second kappa shape index (κ2) is 3.47. The van der Waals surface area contributed by atoms with Gasteiger partial charge in [0.05, 0.1) is 5.69 Å². The molecule has 0 bridgehead atoms. The summed E-state index contributed by atoms with van der Waals surface area (Å²) in [5, 5.41) is 0. The average Bonchev–Trinajstić information content (AvgIpc) is 2.78. The molecule has 0 spiro atoms. The summed E-state index contributed by atoms with van der Waals surface area (Å²) in [4.78, 5) is 2.22. The van der Waals surface area contributed by atoms with Crippen molar-refractivity contribution in [2.75, 3.05) is 18.0 Å². The molecule has 1 saturated heterocycles. The van der Waals surface area contributed by atoms with Crippen molar-refractivity contribution < 1.29 is 4.39 Å². The molecule has 1 saturated carbocycles. The Morgan fingerprint density at radius 2 is 1.71 bits per heavy atom. The zero-order valence-corrected chi connectivity index (χ0v) is 10.8. The summed E-state index contributed by atoms with van der Waals surface area (Å²) in [6.07, 6.45) is 0. The highest BCUT2D eigenvalue weighted by atomic mass is 19.1. The molecule has 2 fully saturated rings. The Hall–Kier alpha value is -1.05. The molecule has 1 aromatic rings. The lowest BCUT2D eigenvalue weighted by molar-refractivity contribution is 0.309. The van der Waals surface area contributed by atoms with Crippen LogP contribution in [0.5, 0.6) is 0 Å². The summed E-state index contributed by atoms with van der Waals surface area (Å²) in [7, 11) is 0. The molecule has 0 aromatic heterocycles. The highest BCUT2D eigenvalue weighted by Crippen LogP contribution is 2.60. The topological polar surface area (TPSA) is 3.24 Å². The fraction of sp³-hybridized carbons (Fsp3) is 0.600. The minimum Gasteiger partial charge on any atom is -0.369 e. The summed E-state index contributed by atoms with van der Waals surface area (Å²) >= 11 is 0. The van der Waals surface area contributed by atoms with E-state index >= 15 is 0 Å². The summed E-state index contributed by atoms with van der Waals surface area (Å²) in [6, 6.07) is 7.13. The first kappa shape index (κ1) is 11.1. The van der Waals surface area contributed by atoms with Gasteiger partial charge in [-0.3, -0.25) is 0 Å². The summed E-state index contributed by atoms with van der Waals surface area (Å²) in [5.41, 5.74) is 1.20. The molecule has 2 aliphatic rings. The smallest absolute Gasteiger partial charge is 0.146 e. The summed E-state index contributed by atoms with van der Waals surface area (Å²) in [5.74, 6) is 2.33. The number of hydrogen-bond acceptors (Lipinski definition) is 1. The third-order valence-corrected chi connectivity index (χ3v) is 4.39. The van der Waals surface area contributed by atoms with Gasteiger partial charge in [0.2, 0.25) is 0 Å². The molecule has 1 nitrogen and oxygen atoms in total. The first-order valence-corrected chi connectivity index (χ1v) is 6.48. The van der Waals surface area contributed by atoms with Gasteiger partial charge in [-0.15, -0.1) is 0 Å². The molecular formula is C15H20FN. The van der Waals surface area contributed by atoms with Crippen LogP contribution in [0.15, 0.2) is 24.3 Å². The van der Waals surface area contributed by atoms with E-state index in [9.17, 15) is 4.39 Å². The lowest BCUT2D eigenvalue weighted by Gasteiger charge is -2.27. The Bertz CT molecular complexity index is 423. The second-order valence-corrected chi connectivity index (χ2v) is 6.58. The van der Waals surface area contributed by atoms with E-state index in [-0.39, 0.29) is 5.82 Å². The normalized spacial score (nSPS) is 31.5. The van der Waals surface area contributed by atoms with Gasteiger partial charge in [-0.1, -0.05) is 32.9 Å². The van der Waals surface area contributed by atoms with Gasteiger partial charge >= 0.3 is 0 Å². The maximum absolute atomic E-state index is 13.7. The van der Waals surface area contributed by atoms with E-state index < -0.39 is 0 Å². The van der Waals surface area contributed by atoms with Gasteiger partial charge < -0.3 is 4.90 Å². The third-order valence-electron chi connectivity index (χ3n) is 4.39. The molecule has 0 radical (unpaired) electrons. The molecule has 2 heteroatoms. The lowest BCUT2D eigenvalue weighted by Crippen LogP contribution is -2.28. The SMILES string of the molecule is CC(C)(C)C1C2CN(c3ccccc3F)CC21. The molecule has 1 heterocycles. The minimum absolute atomic E-state index is 0.0823. The van der Waals surface area contributed by atoms with Crippen molar-refractivity contribution in [1.82, 2.24) is 0 Å². The molecule has 3 rings (SSSR count). The van der Waals surface area contributed by atoms with Crippen LogP contribution in [-0.2, 0) is 0 Å². The van der Waals surface area contributed by atoms with Crippen molar-refractivity contribution in [1.29, 1.82) is 0 Å². The van der Waals surface area contributed by atoms with E-state index in [1.165, 1.54) is 0 Å². The average molecular weight is 233 g/mol. The van der Waals surface area contributed by atoms with Crippen LogP contribution in [0.4, 0.5) is 10.1 Å². The van der Waals surface area contributed by atoms with Crippen LogP contribution < -0.4 is 4.90 Å². The minimum atomic E-state index is -0.0823. The van der Waals surface area contributed by atoms with Crippen molar-refractivity contribution in [2.24, 2.45) is 23.2 Å². The van der Waals surface area contributed by atoms with Gasteiger partial charge in [0.1, 0.15) is 5.82 Å². The number of fused-ring (bicyclic) bond motifs is 1. The Kier molecular flexibility index (Phi) is 2.26. The van der Waals surface area contributed by atoms with Crippen molar-refractivity contribution in [2.45, 2.75) is 20.8 Å². The van der Waals surface area contributed by atoms with Gasteiger partial charge in [-0.25, -0.2) is 4.39 Å². The predicted molar refractivity (Wildman–Crippen MR) is 68.5 cm³/mol. The highest BCUT2D eigenvalue weighted by Gasteiger charge is 2.59. The molecule has 1 aliphatic heterocycles. The summed E-state index contributed by atoms with van der Waals surface area (Å²) < 4.78 is 13.7. The number of nitrogens with zero attached hydrogens (tertiary/aromatic N) is 1. The van der Waals surface area contributed by atoms with Gasteiger partial charge in [0.25, 0.3) is 0 Å². The molecule has 2 atom stereocenters. The first-order valence-electron chi connectivity index (χ1n) is 6.48. The van der Waals surface area contributed by atoms with Gasteiger partial charge in [0, 0.05) is 13.1 Å². The number of hydrogen-bond donors (Lipinski definition) is 0. The number of piperidine rings is 1. The Morgan fingerprint density at radius 3 is 2.24 bits per heavy atom. The number of benzene rings is 1. The highest BCUT2D eigenvalue weighted by molar-refractivity contribution is 5.50. The van der Waals surface area contributed by atoms with E-state index in [2.05, 4.69) is 25.7 Å². The quantitative estimate of drug-likeness (QED) is 0.717. The molecule has 1 aromatic carbocycles. The van der Waals surface area contributed by atoms with Gasteiger partial charge in [-0.05, 0) is 35.3 Å². The molecule has 0 amide bonds. The molecule has 92 valence electrons. The van der Waals surface area contributed by atoms with E-state index in [1.807, 2.05) is 12.1 Å². The van der Waals surface area contributed by atoms with Crippen LogP contribution in [0.25, 0.3) is 0 Å². The molecule has 2 unspecified atom stereocenters. The van der Waals surface area contributed by atoms with E-state index in [1.54, 1.807) is 12.1 Å². The van der Waals surface area contributed by atoms with Crippen LogP contribution in [-0.4, -0.2) is 13.1 Å². The van der Waals surface area contributed by atoms with E-state index in [0.717, 1.165) is 36.5 Å². The molecule has 0 N–H and O–H groups in total. The number of halogens is 1. The Morgan fingerprint density at radius 1 is 1.12 bits per heavy atom. The maximum atomic E-state index is 13.7. The number of rotatable bonds is 1. The van der Waals surface area contributed by atoms with E-state index in [4.69, 9.17) is 0 Å². The van der Waals surface area contributed by atoms with Crippen molar-refractivity contribution in [3.8, 4) is 0 Å². The largest absolute Gasteiger partial charge is 0.369 e. The zero-order valence-electron chi connectivity index (χ0n) is 10.8. The first-order chi connectivity index (χ1) is 7.98. The van der Waals surface area contributed by atoms with E-state index in [0.29, 0.717) is 5.41 Å². The zero-order chi connectivity index (χ0) is 12.2. The number of anilines is 1. The second-order valence-electron chi connectivity index (χ2n) is 6.58. The summed E-state index contributed by atoms with van der Waals surface area (Å²) in [6.45, 7) is 9.04. The maximum Gasteiger partial charge on any atom is 0.146 e. The fourth-order valence-electron chi connectivity index (χ4n) is 3.72. The molecule has 17 heavy (non-hydrogen) atoms. The monoisotopic (exact) mass is 233 g/mol. The van der Waals surface area contributed by atoms with Crippen LogP contribution in [0, 0.1) is 29.0 Å². The molecular weight excluding hydrogens is 213 g/mol. The molecule has 1 aliphatic carbocycles. The van der Waals surface area contributed by atoms with Crippen molar-refractivity contribution in [3.63, 3.8) is 0 Å². The third kappa shape index (κ3) is 1.74.